The van der Waals surface area contributed by atoms with Crippen molar-refractivity contribution in [2.75, 3.05) is 5.75 Å². The van der Waals surface area contributed by atoms with E-state index in [4.69, 9.17) is 0 Å². The molecule has 0 bridgehead atoms. The van der Waals surface area contributed by atoms with E-state index in [1.165, 1.54) is 17.4 Å². The molecule has 0 unspecified atom stereocenters. The van der Waals surface area contributed by atoms with Gasteiger partial charge in [0, 0.05) is 15.4 Å². The Bertz CT molecular complexity index is 498. The second kappa shape index (κ2) is 5.29. The van der Waals surface area contributed by atoms with Gasteiger partial charge in [-0.15, -0.1) is 11.3 Å². The van der Waals surface area contributed by atoms with Gasteiger partial charge in [-0.25, -0.2) is 9.37 Å². The first-order chi connectivity index (χ1) is 7.70. The van der Waals surface area contributed by atoms with E-state index in [1.807, 2.05) is 5.38 Å². The van der Waals surface area contributed by atoms with E-state index in [0.717, 1.165) is 27.3 Å². The van der Waals surface area contributed by atoms with Crippen molar-refractivity contribution in [1.82, 2.24) is 4.98 Å². The van der Waals surface area contributed by atoms with Crippen LogP contribution in [-0.2, 0) is 6.42 Å². The Balaban J connectivity index is 2.38. The van der Waals surface area contributed by atoms with Crippen molar-refractivity contribution in [2.24, 2.45) is 0 Å². The zero-order chi connectivity index (χ0) is 11.5. The summed E-state index contributed by atoms with van der Waals surface area (Å²) in [5.41, 5.74) is 1.51. The van der Waals surface area contributed by atoms with Gasteiger partial charge in [0.15, 0.2) is 0 Å². The highest BCUT2D eigenvalue weighted by molar-refractivity contribution is 9.10. The second-order valence-corrected chi connectivity index (χ2v) is 5.46. The number of aromatic nitrogens is 1. The lowest BCUT2D eigenvalue weighted by Crippen LogP contribution is -1.87. The summed E-state index contributed by atoms with van der Waals surface area (Å²) in [6, 6.07) is 4.87. The van der Waals surface area contributed by atoms with Crippen LogP contribution >= 0.6 is 39.9 Å². The molecule has 0 radical (unpaired) electrons. The minimum Gasteiger partial charge on any atom is -0.241 e. The van der Waals surface area contributed by atoms with E-state index in [1.54, 1.807) is 12.1 Å². The lowest BCUT2D eigenvalue weighted by molar-refractivity contribution is 0.631. The molecule has 16 heavy (non-hydrogen) atoms. The number of hydrogen-bond donors (Lipinski definition) is 1. The predicted octanol–water partition coefficient (Wildman–Crippen LogP) is 4.18. The molecule has 0 aliphatic rings. The van der Waals surface area contributed by atoms with Crippen molar-refractivity contribution >= 4 is 39.9 Å². The minimum atomic E-state index is -0.241. The van der Waals surface area contributed by atoms with Crippen molar-refractivity contribution in [3.8, 4) is 10.6 Å². The number of rotatable bonds is 3. The lowest BCUT2D eigenvalue weighted by Gasteiger charge is -1.99. The number of nitrogens with zero attached hydrogens (tertiary/aromatic N) is 1. The van der Waals surface area contributed by atoms with Crippen LogP contribution < -0.4 is 0 Å². The van der Waals surface area contributed by atoms with Crippen molar-refractivity contribution in [2.45, 2.75) is 6.42 Å². The summed E-state index contributed by atoms with van der Waals surface area (Å²) in [4.78, 5) is 4.38. The summed E-state index contributed by atoms with van der Waals surface area (Å²) in [6.45, 7) is 0. The number of halogens is 2. The zero-order valence-corrected chi connectivity index (χ0v) is 11.6. The van der Waals surface area contributed by atoms with Crippen LogP contribution in [0.25, 0.3) is 10.6 Å². The number of benzene rings is 1. The maximum absolute atomic E-state index is 13.6. The monoisotopic (exact) mass is 317 g/mol. The normalized spacial score (nSPS) is 10.7. The molecule has 1 nitrogen and oxygen atoms in total. The van der Waals surface area contributed by atoms with E-state index in [0.29, 0.717) is 5.56 Å². The molecule has 1 heterocycles. The summed E-state index contributed by atoms with van der Waals surface area (Å²) in [6.07, 6.45) is 0.815. The summed E-state index contributed by atoms with van der Waals surface area (Å²) >= 11 is 8.94. The molecule has 0 amide bonds. The van der Waals surface area contributed by atoms with Crippen LogP contribution in [0.15, 0.2) is 28.1 Å². The van der Waals surface area contributed by atoms with Gasteiger partial charge in [0.1, 0.15) is 10.8 Å². The first-order valence-electron chi connectivity index (χ1n) is 4.71. The second-order valence-electron chi connectivity index (χ2n) is 3.24. The summed E-state index contributed by atoms with van der Waals surface area (Å²) in [7, 11) is 0. The molecule has 0 saturated carbocycles. The molecular weight excluding hydrogens is 309 g/mol. The first-order valence-corrected chi connectivity index (χ1v) is 7.02. The quantitative estimate of drug-likeness (QED) is 0.838. The fraction of sp³-hybridized carbons (Fsp3) is 0.182. The highest BCUT2D eigenvalue weighted by Gasteiger charge is 2.09. The standard InChI is InChI=1S/C11H9BrFNS2/c12-7-1-2-10(13)9(5-7)11-14-8(3-4-15)6-16-11/h1-2,5-6,15H,3-4H2. The van der Waals surface area contributed by atoms with E-state index in [9.17, 15) is 4.39 Å². The molecule has 0 spiro atoms. The highest BCUT2D eigenvalue weighted by atomic mass is 79.9. The van der Waals surface area contributed by atoms with Crippen LogP contribution in [0.4, 0.5) is 4.39 Å². The van der Waals surface area contributed by atoms with E-state index in [-0.39, 0.29) is 5.82 Å². The van der Waals surface area contributed by atoms with Crippen molar-refractivity contribution < 1.29 is 4.39 Å². The number of thiol groups is 1. The van der Waals surface area contributed by atoms with Gasteiger partial charge in [-0.05, 0) is 30.4 Å². The molecule has 0 N–H and O–H groups in total. The number of hydrogen-bond acceptors (Lipinski definition) is 3. The van der Waals surface area contributed by atoms with Crippen LogP contribution in [0.5, 0.6) is 0 Å². The minimum absolute atomic E-state index is 0.241. The Kier molecular flexibility index (Phi) is 4.00. The predicted molar refractivity (Wildman–Crippen MR) is 72.8 cm³/mol. The van der Waals surface area contributed by atoms with Crippen molar-refractivity contribution in [1.29, 1.82) is 0 Å². The SMILES string of the molecule is Fc1ccc(Br)cc1-c1nc(CCS)cs1. The largest absolute Gasteiger partial charge is 0.241 e. The van der Waals surface area contributed by atoms with Gasteiger partial charge in [0.25, 0.3) is 0 Å². The number of aryl methyl sites for hydroxylation is 1. The molecule has 0 aliphatic heterocycles. The molecule has 5 heteroatoms. The van der Waals surface area contributed by atoms with Gasteiger partial charge < -0.3 is 0 Å². The van der Waals surface area contributed by atoms with E-state index in [2.05, 4.69) is 33.5 Å². The Labute approximate surface area is 111 Å². The van der Waals surface area contributed by atoms with Gasteiger partial charge in [0.2, 0.25) is 0 Å². The molecule has 0 fully saturated rings. The topological polar surface area (TPSA) is 12.9 Å². The maximum atomic E-state index is 13.6. The van der Waals surface area contributed by atoms with E-state index < -0.39 is 0 Å². The van der Waals surface area contributed by atoms with Crippen LogP contribution in [0.2, 0.25) is 0 Å². The molecule has 2 rings (SSSR count). The molecule has 1 aromatic carbocycles. The van der Waals surface area contributed by atoms with Crippen molar-refractivity contribution in [3.05, 3.63) is 39.6 Å². The molecule has 0 atom stereocenters. The summed E-state index contributed by atoms with van der Waals surface area (Å²) < 4.78 is 14.4. The molecular formula is C11H9BrFNS2. The Hall–Kier alpha value is -0.390. The van der Waals surface area contributed by atoms with Gasteiger partial charge in [-0.3, -0.25) is 0 Å². The average Bonchev–Trinajstić information content (AvgIpc) is 2.71. The molecule has 2 aromatic rings. The Morgan fingerprint density at radius 1 is 1.44 bits per heavy atom. The lowest BCUT2D eigenvalue weighted by atomic mass is 10.2. The Morgan fingerprint density at radius 2 is 2.25 bits per heavy atom. The molecule has 84 valence electrons. The van der Waals surface area contributed by atoms with Crippen LogP contribution in [0, 0.1) is 5.82 Å². The fourth-order valence-corrected chi connectivity index (χ4v) is 2.78. The summed E-state index contributed by atoms with van der Waals surface area (Å²) in [5.74, 6) is 0.513. The van der Waals surface area contributed by atoms with Gasteiger partial charge in [-0.1, -0.05) is 15.9 Å². The molecule has 0 saturated heterocycles. The third-order valence-corrected chi connectivity index (χ3v) is 3.72. The highest BCUT2D eigenvalue weighted by Crippen LogP contribution is 2.29. The van der Waals surface area contributed by atoms with Crippen LogP contribution in [-0.4, -0.2) is 10.7 Å². The Morgan fingerprint density at radius 3 is 3.00 bits per heavy atom. The van der Waals surface area contributed by atoms with E-state index >= 15 is 0 Å². The zero-order valence-electron chi connectivity index (χ0n) is 8.28. The van der Waals surface area contributed by atoms with Crippen molar-refractivity contribution in [3.63, 3.8) is 0 Å². The first kappa shape index (κ1) is 12.1. The third-order valence-electron chi connectivity index (χ3n) is 2.08. The molecule has 1 aromatic heterocycles. The van der Waals surface area contributed by atoms with Gasteiger partial charge in [0.05, 0.1) is 5.69 Å². The van der Waals surface area contributed by atoms with Gasteiger partial charge in [-0.2, -0.15) is 12.6 Å². The number of thiazole rings is 1. The molecule has 0 aliphatic carbocycles. The van der Waals surface area contributed by atoms with Crippen LogP contribution in [0.1, 0.15) is 5.69 Å². The third kappa shape index (κ3) is 2.64. The smallest absolute Gasteiger partial charge is 0.133 e. The van der Waals surface area contributed by atoms with Gasteiger partial charge >= 0.3 is 0 Å². The summed E-state index contributed by atoms with van der Waals surface area (Å²) in [5, 5.41) is 2.67. The fourth-order valence-electron chi connectivity index (χ4n) is 1.32. The maximum Gasteiger partial charge on any atom is 0.133 e. The van der Waals surface area contributed by atoms with Crippen LogP contribution in [0.3, 0.4) is 0 Å². The average molecular weight is 318 g/mol.